The molecule has 0 fully saturated rings. The van der Waals surface area contributed by atoms with Crippen LogP contribution in [0.4, 0.5) is 17.6 Å². The Morgan fingerprint density at radius 2 is 1.96 bits per heavy atom. The lowest BCUT2D eigenvalue weighted by Crippen LogP contribution is -2.54. The van der Waals surface area contributed by atoms with Gasteiger partial charge in [0.25, 0.3) is 0 Å². The Balaban J connectivity index is 2.63. The number of aliphatic hydroxyl groups is 1. The van der Waals surface area contributed by atoms with Crippen molar-refractivity contribution in [2.75, 3.05) is 5.75 Å². The lowest BCUT2D eigenvalue weighted by molar-refractivity contribution is -0.145. The zero-order valence-corrected chi connectivity index (χ0v) is 14.6. The van der Waals surface area contributed by atoms with Crippen molar-refractivity contribution in [3.05, 3.63) is 48.1 Å². The van der Waals surface area contributed by atoms with E-state index >= 15 is 0 Å². The molecule has 1 N–H and O–H groups in total. The Hall–Kier alpha value is -2.01. The average Bonchev–Trinajstić information content (AvgIpc) is 3.05. The fourth-order valence-corrected chi connectivity index (χ4v) is 4.04. The highest BCUT2D eigenvalue weighted by molar-refractivity contribution is 7.92. The van der Waals surface area contributed by atoms with Gasteiger partial charge in [-0.15, -0.1) is 0 Å². The van der Waals surface area contributed by atoms with E-state index in [0.29, 0.717) is 18.6 Å². The Kier molecular flexibility index (Phi) is 5.71. The number of hydrogen-bond donors (Lipinski definition) is 1. The van der Waals surface area contributed by atoms with Gasteiger partial charge in [-0.05, 0) is 18.6 Å². The van der Waals surface area contributed by atoms with Crippen LogP contribution >= 0.6 is 0 Å². The molecule has 0 bridgehead atoms. The first-order valence-corrected chi connectivity index (χ1v) is 9.31. The predicted octanol–water partition coefficient (Wildman–Crippen LogP) is 2.25. The third kappa shape index (κ3) is 3.58. The van der Waals surface area contributed by atoms with E-state index in [-0.39, 0.29) is 12.5 Å². The molecular weight excluding hydrogens is 378 g/mol. The molecule has 1 aromatic carbocycles. The minimum Gasteiger partial charge on any atom is -0.376 e. The van der Waals surface area contributed by atoms with Crippen LogP contribution < -0.4 is 0 Å². The van der Waals surface area contributed by atoms with Crippen LogP contribution in [0.15, 0.2) is 30.9 Å². The van der Waals surface area contributed by atoms with Crippen LogP contribution in [0.1, 0.15) is 25.3 Å². The van der Waals surface area contributed by atoms with E-state index in [4.69, 9.17) is 0 Å². The molecule has 0 saturated carbocycles. The van der Waals surface area contributed by atoms with E-state index < -0.39 is 50.2 Å². The lowest BCUT2D eigenvalue weighted by Gasteiger charge is -2.35. The van der Waals surface area contributed by atoms with Crippen LogP contribution in [0.5, 0.6) is 0 Å². The first kappa shape index (κ1) is 20.3. The lowest BCUT2D eigenvalue weighted by atomic mass is 9.93. The van der Waals surface area contributed by atoms with Gasteiger partial charge in [0.05, 0.1) is 12.3 Å². The van der Waals surface area contributed by atoms with Crippen LogP contribution in [0.2, 0.25) is 0 Å². The highest BCUT2D eigenvalue weighted by atomic mass is 32.2. The van der Waals surface area contributed by atoms with E-state index in [2.05, 4.69) is 10.1 Å². The van der Waals surface area contributed by atoms with Crippen molar-refractivity contribution in [1.82, 2.24) is 14.8 Å². The molecule has 0 aliphatic carbocycles. The summed E-state index contributed by atoms with van der Waals surface area (Å²) in [7, 11) is -5.16. The SMILES string of the molecule is CCCCS(=O)(=O)C(F)(F)C(O)(Cn1cncn1)c1ccc(F)cc1F. The number of halogens is 4. The number of alkyl halides is 2. The highest BCUT2D eigenvalue weighted by Gasteiger charge is 2.63. The largest absolute Gasteiger partial charge is 0.379 e. The summed E-state index contributed by atoms with van der Waals surface area (Å²) < 4.78 is 82.4. The smallest absolute Gasteiger partial charge is 0.376 e. The molecule has 0 aliphatic heterocycles. The van der Waals surface area contributed by atoms with E-state index in [1.165, 1.54) is 0 Å². The van der Waals surface area contributed by atoms with Crippen LogP contribution in [-0.4, -0.2) is 39.3 Å². The minimum atomic E-state index is -5.16. The number of aromatic nitrogens is 3. The molecule has 144 valence electrons. The van der Waals surface area contributed by atoms with Gasteiger partial charge >= 0.3 is 5.25 Å². The first-order valence-electron chi connectivity index (χ1n) is 7.65. The number of unbranched alkanes of at least 4 members (excludes halogenated alkanes) is 1. The standard InChI is InChI=1S/C15H17F4N3O3S/c1-2-3-6-26(24,25)15(18,19)14(23,8-22-10-20-9-21-22)12-5-4-11(16)7-13(12)17/h4-5,7,9-10,23H,2-3,6,8H2,1H3. The summed E-state index contributed by atoms with van der Waals surface area (Å²) in [6.45, 7) is 0.503. The third-order valence-electron chi connectivity index (χ3n) is 3.87. The van der Waals surface area contributed by atoms with Gasteiger partial charge in [0, 0.05) is 11.6 Å². The molecule has 1 heterocycles. The molecule has 2 aromatic rings. The van der Waals surface area contributed by atoms with Gasteiger partial charge in [0.1, 0.15) is 24.3 Å². The van der Waals surface area contributed by atoms with E-state index in [1.54, 1.807) is 6.92 Å². The molecule has 0 saturated heterocycles. The van der Waals surface area contributed by atoms with Gasteiger partial charge < -0.3 is 5.11 Å². The molecule has 0 radical (unpaired) electrons. The fraction of sp³-hybridized carbons (Fsp3) is 0.467. The third-order valence-corrected chi connectivity index (χ3v) is 5.82. The van der Waals surface area contributed by atoms with Gasteiger partial charge in [-0.3, -0.25) is 0 Å². The quantitative estimate of drug-likeness (QED) is 0.693. The molecule has 11 heteroatoms. The van der Waals surface area contributed by atoms with Crippen molar-refractivity contribution in [3.63, 3.8) is 0 Å². The molecule has 0 amide bonds. The summed E-state index contributed by atoms with van der Waals surface area (Å²) in [5, 5.41) is 9.50. The Morgan fingerprint density at radius 1 is 1.27 bits per heavy atom. The maximum Gasteiger partial charge on any atom is 0.379 e. The molecule has 0 spiro atoms. The second-order valence-corrected chi connectivity index (χ2v) is 7.92. The molecule has 0 aliphatic rings. The van der Waals surface area contributed by atoms with Gasteiger partial charge in [-0.25, -0.2) is 26.9 Å². The number of nitrogens with zero attached hydrogens (tertiary/aromatic N) is 3. The van der Waals surface area contributed by atoms with Crippen molar-refractivity contribution in [2.24, 2.45) is 0 Å². The monoisotopic (exact) mass is 395 g/mol. The zero-order valence-electron chi connectivity index (χ0n) is 13.7. The second-order valence-electron chi connectivity index (χ2n) is 5.77. The minimum absolute atomic E-state index is 0.0662. The van der Waals surface area contributed by atoms with E-state index in [0.717, 1.165) is 17.3 Å². The van der Waals surface area contributed by atoms with Gasteiger partial charge in [0.15, 0.2) is 5.60 Å². The topological polar surface area (TPSA) is 85.1 Å². The van der Waals surface area contributed by atoms with Gasteiger partial charge in [-0.1, -0.05) is 13.3 Å². The molecule has 6 nitrogen and oxygen atoms in total. The normalized spacial score (nSPS) is 15.0. The Bertz CT molecular complexity index is 859. The molecule has 1 atom stereocenters. The Morgan fingerprint density at radius 3 is 2.50 bits per heavy atom. The molecule has 1 aromatic heterocycles. The van der Waals surface area contributed by atoms with Crippen molar-refractivity contribution >= 4 is 9.84 Å². The number of rotatable bonds is 8. The average molecular weight is 395 g/mol. The van der Waals surface area contributed by atoms with Crippen LogP contribution in [0.3, 0.4) is 0 Å². The second kappa shape index (κ2) is 7.31. The van der Waals surface area contributed by atoms with Gasteiger partial charge in [0.2, 0.25) is 9.84 Å². The van der Waals surface area contributed by atoms with Gasteiger partial charge in [-0.2, -0.15) is 13.9 Å². The first-order chi connectivity index (χ1) is 12.0. The maximum atomic E-state index is 15.0. The molecular formula is C15H17F4N3O3S. The fourth-order valence-electron chi connectivity index (χ4n) is 2.43. The summed E-state index contributed by atoms with van der Waals surface area (Å²) in [6, 6.07) is 1.53. The van der Waals surface area contributed by atoms with E-state index in [1.807, 2.05) is 0 Å². The summed E-state index contributed by atoms with van der Waals surface area (Å²) >= 11 is 0. The highest BCUT2D eigenvalue weighted by Crippen LogP contribution is 2.44. The summed E-state index contributed by atoms with van der Waals surface area (Å²) in [4.78, 5) is 3.52. The molecule has 26 heavy (non-hydrogen) atoms. The number of sulfone groups is 1. The van der Waals surface area contributed by atoms with Crippen molar-refractivity contribution in [2.45, 2.75) is 37.2 Å². The van der Waals surface area contributed by atoms with Crippen molar-refractivity contribution in [1.29, 1.82) is 0 Å². The Labute approximate surface area is 147 Å². The van der Waals surface area contributed by atoms with Crippen molar-refractivity contribution < 1.29 is 31.1 Å². The predicted molar refractivity (Wildman–Crippen MR) is 83.9 cm³/mol. The van der Waals surface area contributed by atoms with Crippen LogP contribution in [0.25, 0.3) is 0 Å². The van der Waals surface area contributed by atoms with Crippen LogP contribution in [0, 0.1) is 11.6 Å². The number of benzene rings is 1. The van der Waals surface area contributed by atoms with E-state index in [9.17, 15) is 31.1 Å². The maximum absolute atomic E-state index is 15.0. The summed E-state index contributed by atoms with van der Waals surface area (Å²) in [6.07, 6.45) is 2.19. The molecule has 1 unspecified atom stereocenters. The summed E-state index contributed by atoms with van der Waals surface area (Å²) in [5.41, 5.74) is -4.58. The number of hydrogen-bond acceptors (Lipinski definition) is 5. The van der Waals surface area contributed by atoms with Crippen molar-refractivity contribution in [3.8, 4) is 0 Å². The van der Waals surface area contributed by atoms with Crippen LogP contribution in [-0.2, 0) is 22.0 Å². The molecule has 2 rings (SSSR count). The summed E-state index contributed by atoms with van der Waals surface area (Å²) in [5.74, 6) is -3.47. The zero-order chi connectivity index (χ0) is 19.6.